The first-order valence-corrected chi connectivity index (χ1v) is 10.4. The van der Waals surface area contributed by atoms with Gasteiger partial charge in [-0.05, 0) is 30.3 Å². The molecule has 0 saturated heterocycles. The van der Waals surface area contributed by atoms with Gasteiger partial charge in [-0.15, -0.1) is 11.3 Å². The van der Waals surface area contributed by atoms with Crippen molar-refractivity contribution in [1.29, 1.82) is 0 Å². The summed E-state index contributed by atoms with van der Waals surface area (Å²) >= 11 is 1.48. The van der Waals surface area contributed by atoms with Crippen molar-refractivity contribution in [2.75, 3.05) is 32.8 Å². The van der Waals surface area contributed by atoms with E-state index in [0.717, 1.165) is 17.0 Å². The lowest BCUT2D eigenvalue weighted by atomic mass is 10.2. The largest absolute Gasteiger partial charge is 0.493 e. The Morgan fingerprint density at radius 2 is 1.87 bits per heavy atom. The fourth-order valence-corrected chi connectivity index (χ4v) is 3.92. The second-order valence-electron chi connectivity index (χ2n) is 6.65. The molecule has 0 atom stereocenters. The van der Waals surface area contributed by atoms with Crippen LogP contribution in [-0.4, -0.2) is 38.3 Å². The minimum absolute atomic E-state index is 0.145. The van der Waals surface area contributed by atoms with Gasteiger partial charge in [0.25, 0.3) is 0 Å². The van der Waals surface area contributed by atoms with E-state index in [-0.39, 0.29) is 12.3 Å². The Labute approximate surface area is 178 Å². The predicted molar refractivity (Wildman–Crippen MR) is 115 cm³/mol. The summed E-state index contributed by atoms with van der Waals surface area (Å²) in [4.78, 5) is 17.1. The van der Waals surface area contributed by atoms with Gasteiger partial charge in [-0.2, -0.15) is 0 Å². The Kier molecular flexibility index (Phi) is 6.04. The number of carbonyl (C=O) groups is 1. The molecule has 0 saturated carbocycles. The van der Waals surface area contributed by atoms with Crippen LogP contribution in [0.5, 0.6) is 23.0 Å². The molecule has 8 heteroatoms. The fourth-order valence-electron chi connectivity index (χ4n) is 3.10. The van der Waals surface area contributed by atoms with Crippen LogP contribution < -0.4 is 24.3 Å². The summed E-state index contributed by atoms with van der Waals surface area (Å²) in [5.41, 5.74) is 2.28. The van der Waals surface area contributed by atoms with Crippen LogP contribution in [0.4, 0.5) is 5.69 Å². The van der Waals surface area contributed by atoms with Gasteiger partial charge in [0.1, 0.15) is 5.01 Å². The van der Waals surface area contributed by atoms with E-state index in [0.29, 0.717) is 47.6 Å². The molecule has 0 unspecified atom stereocenters. The number of aromatic nitrogens is 1. The average Bonchev–Trinajstić information content (AvgIpc) is 3.09. The lowest BCUT2D eigenvalue weighted by molar-refractivity contribution is -0.115. The molecule has 2 aromatic carbocycles. The highest BCUT2D eigenvalue weighted by Crippen LogP contribution is 2.34. The molecule has 2 heterocycles. The monoisotopic (exact) mass is 426 g/mol. The molecule has 1 N–H and O–H groups in total. The van der Waals surface area contributed by atoms with Crippen molar-refractivity contribution in [2.45, 2.75) is 12.8 Å². The van der Waals surface area contributed by atoms with Crippen LogP contribution in [0, 0.1) is 0 Å². The number of methoxy groups -OCH3 is 2. The Morgan fingerprint density at radius 3 is 2.67 bits per heavy atom. The minimum atomic E-state index is -0.145. The van der Waals surface area contributed by atoms with Gasteiger partial charge in [0.05, 0.1) is 39.5 Å². The number of carbonyl (C=O) groups excluding carboxylic acids is 1. The molecular formula is C22H22N2O5S. The number of thiazole rings is 1. The maximum absolute atomic E-state index is 12.5. The molecule has 1 amide bonds. The van der Waals surface area contributed by atoms with Gasteiger partial charge in [0.2, 0.25) is 5.91 Å². The molecule has 0 bridgehead atoms. The van der Waals surface area contributed by atoms with Gasteiger partial charge in [-0.1, -0.05) is 0 Å². The first-order valence-electron chi connectivity index (χ1n) is 9.52. The second kappa shape index (κ2) is 9.04. The molecule has 7 nitrogen and oxygen atoms in total. The van der Waals surface area contributed by atoms with Gasteiger partial charge >= 0.3 is 0 Å². The Morgan fingerprint density at radius 1 is 1.07 bits per heavy atom. The van der Waals surface area contributed by atoms with Crippen molar-refractivity contribution in [1.82, 2.24) is 4.98 Å². The molecule has 0 spiro atoms. The molecule has 1 aliphatic rings. The van der Waals surface area contributed by atoms with E-state index in [1.165, 1.54) is 11.3 Å². The number of anilines is 1. The number of hydrogen-bond acceptors (Lipinski definition) is 7. The van der Waals surface area contributed by atoms with E-state index in [9.17, 15) is 4.79 Å². The van der Waals surface area contributed by atoms with Crippen LogP contribution in [0.3, 0.4) is 0 Å². The Bertz CT molecular complexity index is 1050. The topological polar surface area (TPSA) is 78.9 Å². The normalized spacial score (nSPS) is 12.7. The summed E-state index contributed by atoms with van der Waals surface area (Å²) in [7, 11) is 3.19. The molecule has 3 aromatic rings. The average molecular weight is 426 g/mol. The first kappa shape index (κ1) is 20.0. The molecule has 0 fully saturated rings. The molecule has 0 radical (unpaired) electrons. The number of rotatable bonds is 6. The van der Waals surface area contributed by atoms with E-state index >= 15 is 0 Å². The Balaban J connectivity index is 1.43. The smallest absolute Gasteiger partial charge is 0.230 e. The van der Waals surface area contributed by atoms with Gasteiger partial charge in [-0.3, -0.25) is 4.79 Å². The molecule has 1 aliphatic heterocycles. The maximum atomic E-state index is 12.5. The zero-order valence-electron chi connectivity index (χ0n) is 16.8. The number of benzene rings is 2. The lowest BCUT2D eigenvalue weighted by Crippen LogP contribution is -2.14. The maximum Gasteiger partial charge on any atom is 0.230 e. The summed E-state index contributed by atoms with van der Waals surface area (Å²) in [5.74, 6) is 2.50. The quantitative estimate of drug-likeness (QED) is 0.637. The number of fused-ring (bicyclic) bond motifs is 1. The molecular weight excluding hydrogens is 404 g/mol. The van der Waals surface area contributed by atoms with Crippen LogP contribution in [0.15, 0.2) is 41.8 Å². The fraction of sp³-hybridized carbons (Fsp3) is 0.273. The summed E-state index contributed by atoms with van der Waals surface area (Å²) in [5, 5.41) is 5.60. The Hall–Kier alpha value is -3.26. The zero-order valence-corrected chi connectivity index (χ0v) is 17.6. The number of nitrogens with one attached hydrogen (secondary N) is 1. The molecule has 0 aliphatic carbocycles. The van der Waals surface area contributed by atoms with E-state index in [1.54, 1.807) is 20.3 Å². The van der Waals surface area contributed by atoms with Crippen LogP contribution in [0.25, 0.3) is 10.6 Å². The van der Waals surface area contributed by atoms with E-state index in [1.807, 2.05) is 35.7 Å². The highest BCUT2D eigenvalue weighted by atomic mass is 32.1. The standard InChI is InChI=1S/C22H22N2O5S/c1-26-17-6-4-14(10-19(17)27-2)22-24-16(13-30-22)12-21(25)23-15-5-7-18-20(11-15)29-9-3-8-28-18/h4-7,10-11,13H,3,8-9,12H2,1-2H3,(H,23,25). The molecule has 30 heavy (non-hydrogen) atoms. The van der Waals surface area contributed by atoms with Gasteiger partial charge < -0.3 is 24.3 Å². The van der Waals surface area contributed by atoms with E-state index in [4.69, 9.17) is 18.9 Å². The van der Waals surface area contributed by atoms with Gasteiger partial charge in [0, 0.05) is 29.1 Å². The van der Waals surface area contributed by atoms with Crippen LogP contribution in [-0.2, 0) is 11.2 Å². The first-order chi connectivity index (χ1) is 14.7. The van der Waals surface area contributed by atoms with E-state index < -0.39 is 0 Å². The summed E-state index contributed by atoms with van der Waals surface area (Å²) in [6, 6.07) is 11.0. The SMILES string of the molecule is COc1ccc(-c2nc(CC(=O)Nc3ccc4c(c3)OCCCO4)cs2)cc1OC. The molecule has 156 valence electrons. The number of amides is 1. The van der Waals surface area contributed by atoms with Gasteiger partial charge in [0.15, 0.2) is 23.0 Å². The van der Waals surface area contributed by atoms with Crippen molar-refractivity contribution in [3.05, 3.63) is 47.5 Å². The molecule has 1 aromatic heterocycles. The van der Waals surface area contributed by atoms with Crippen molar-refractivity contribution in [3.8, 4) is 33.6 Å². The van der Waals surface area contributed by atoms with Crippen molar-refractivity contribution in [2.24, 2.45) is 0 Å². The summed E-state index contributed by atoms with van der Waals surface area (Å²) < 4.78 is 21.9. The summed E-state index contributed by atoms with van der Waals surface area (Å²) in [6.07, 6.45) is 1.01. The second-order valence-corrected chi connectivity index (χ2v) is 7.51. The third-order valence-electron chi connectivity index (χ3n) is 4.56. The van der Waals surface area contributed by atoms with Crippen molar-refractivity contribution >= 4 is 22.9 Å². The van der Waals surface area contributed by atoms with Crippen LogP contribution >= 0.6 is 11.3 Å². The number of ether oxygens (including phenoxy) is 4. The third-order valence-corrected chi connectivity index (χ3v) is 5.50. The predicted octanol–water partition coefficient (Wildman–Crippen LogP) is 4.17. The van der Waals surface area contributed by atoms with Crippen LogP contribution in [0.2, 0.25) is 0 Å². The third kappa shape index (κ3) is 4.49. The van der Waals surface area contributed by atoms with E-state index in [2.05, 4.69) is 10.3 Å². The number of nitrogens with zero attached hydrogens (tertiary/aromatic N) is 1. The zero-order chi connectivity index (χ0) is 20.9. The van der Waals surface area contributed by atoms with Crippen molar-refractivity contribution < 1.29 is 23.7 Å². The minimum Gasteiger partial charge on any atom is -0.493 e. The number of hydrogen-bond donors (Lipinski definition) is 1. The van der Waals surface area contributed by atoms with Crippen molar-refractivity contribution in [3.63, 3.8) is 0 Å². The summed E-state index contributed by atoms with van der Waals surface area (Å²) in [6.45, 7) is 1.23. The van der Waals surface area contributed by atoms with Gasteiger partial charge in [-0.25, -0.2) is 4.98 Å². The molecule has 4 rings (SSSR count). The van der Waals surface area contributed by atoms with Crippen LogP contribution in [0.1, 0.15) is 12.1 Å². The highest BCUT2D eigenvalue weighted by Gasteiger charge is 2.14. The highest BCUT2D eigenvalue weighted by molar-refractivity contribution is 7.13. The lowest BCUT2D eigenvalue weighted by Gasteiger charge is -2.10.